The van der Waals surface area contributed by atoms with Gasteiger partial charge in [0.15, 0.2) is 11.5 Å². The first kappa shape index (κ1) is 15.2. The molecule has 0 atom stereocenters. The Morgan fingerprint density at radius 1 is 1.04 bits per heavy atom. The van der Waals surface area contributed by atoms with Gasteiger partial charge in [0.05, 0.1) is 0 Å². The highest BCUT2D eigenvalue weighted by atomic mass is 16.7. The molecule has 3 aromatic rings. The lowest BCUT2D eigenvalue weighted by Crippen LogP contribution is -2.12. The number of aryl methyl sites for hydroxylation is 2. The molecule has 0 unspecified atom stereocenters. The molecule has 1 aromatic heterocycles. The predicted molar refractivity (Wildman–Crippen MR) is 89.7 cm³/mol. The fourth-order valence-electron chi connectivity index (χ4n) is 2.56. The zero-order chi connectivity index (χ0) is 17.4. The molecule has 0 saturated carbocycles. The summed E-state index contributed by atoms with van der Waals surface area (Å²) in [7, 11) is 0. The van der Waals surface area contributed by atoms with Crippen molar-refractivity contribution in [1.82, 2.24) is 10.2 Å². The van der Waals surface area contributed by atoms with Gasteiger partial charge in [0, 0.05) is 11.1 Å². The number of hydrogen-bond donors (Lipinski definition) is 1. The van der Waals surface area contributed by atoms with Crippen molar-refractivity contribution in [3.63, 3.8) is 0 Å². The van der Waals surface area contributed by atoms with Gasteiger partial charge in [-0.2, -0.15) is 0 Å². The van der Waals surface area contributed by atoms with Crippen LogP contribution in [0.1, 0.15) is 21.5 Å². The third-order valence-electron chi connectivity index (χ3n) is 3.90. The average Bonchev–Trinajstić information content (AvgIpc) is 3.25. The molecular formula is C18H15N3O4. The van der Waals surface area contributed by atoms with Crippen LogP contribution in [-0.4, -0.2) is 22.9 Å². The van der Waals surface area contributed by atoms with E-state index in [2.05, 4.69) is 15.5 Å². The fraction of sp³-hybridized carbons (Fsp3) is 0.167. The highest BCUT2D eigenvalue weighted by Gasteiger charge is 2.18. The number of benzene rings is 2. The number of carbonyl (C=O) groups is 1. The van der Waals surface area contributed by atoms with E-state index in [0.717, 1.165) is 16.7 Å². The van der Waals surface area contributed by atoms with Crippen molar-refractivity contribution in [2.45, 2.75) is 13.8 Å². The second-order valence-electron chi connectivity index (χ2n) is 5.75. The van der Waals surface area contributed by atoms with Crippen molar-refractivity contribution >= 4 is 11.9 Å². The molecule has 1 aliphatic heterocycles. The molecule has 126 valence electrons. The van der Waals surface area contributed by atoms with Crippen LogP contribution in [0.15, 0.2) is 40.8 Å². The van der Waals surface area contributed by atoms with Gasteiger partial charge in [-0.15, -0.1) is 5.10 Å². The topological polar surface area (TPSA) is 86.5 Å². The number of carbonyl (C=O) groups excluding carboxylic acids is 1. The molecule has 1 amide bonds. The highest BCUT2D eigenvalue weighted by Crippen LogP contribution is 2.32. The van der Waals surface area contributed by atoms with Gasteiger partial charge in [0.1, 0.15) is 0 Å². The van der Waals surface area contributed by atoms with Crippen molar-refractivity contribution in [2.75, 3.05) is 12.1 Å². The Bertz CT molecular complexity index is 965. The third kappa shape index (κ3) is 2.91. The average molecular weight is 337 g/mol. The summed E-state index contributed by atoms with van der Waals surface area (Å²) >= 11 is 0. The lowest BCUT2D eigenvalue weighted by molar-refractivity contribution is 0.102. The highest BCUT2D eigenvalue weighted by molar-refractivity contribution is 6.03. The number of rotatable bonds is 3. The Labute approximate surface area is 143 Å². The number of ether oxygens (including phenoxy) is 2. The van der Waals surface area contributed by atoms with Gasteiger partial charge in [-0.1, -0.05) is 22.8 Å². The summed E-state index contributed by atoms with van der Waals surface area (Å²) in [5.41, 5.74) is 3.36. The normalized spacial score (nSPS) is 12.2. The summed E-state index contributed by atoms with van der Waals surface area (Å²) in [6.07, 6.45) is 0. The number of anilines is 1. The van der Waals surface area contributed by atoms with Crippen LogP contribution in [0, 0.1) is 13.8 Å². The molecule has 0 fully saturated rings. The Morgan fingerprint density at radius 3 is 2.76 bits per heavy atom. The smallest absolute Gasteiger partial charge is 0.322 e. The van der Waals surface area contributed by atoms with E-state index < -0.39 is 0 Å². The minimum Gasteiger partial charge on any atom is -0.454 e. The molecular weight excluding hydrogens is 322 g/mol. The quantitative estimate of drug-likeness (QED) is 0.789. The van der Waals surface area contributed by atoms with Crippen LogP contribution in [-0.2, 0) is 0 Å². The van der Waals surface area contributed by atoms with Gasteiger partial charge in [-0.25, -0.2) is 0 Å². The van der Waals surface area contributed by atoms with E-state index >= 15 is 0 Å². The van der Waals surface area contributed by atoms with Crippen LogP contribution in [0.4, 0.5) is 6.01 Å². The summed E-state index contributed by atoms with van der Waals surface area (Å²) < 4.78 is 16.1. The number of fused-ring (bicyclic) bond motifs is 1. The molecule has 0 saturated heterocycles. The SMILES string of the molecule is Cc1ccc(C)c(-c2nnc(NC(=O)c3ccc4c(c3)OCO4)o2)c1. The van der Waals surface area contributed by atoms with Crippen molar-refractivity contribution in [3.8, 4) is 23.0 Å². The molecule has 0 spiro atoms. The fourth-order valence-corrected chi connectivity index (χ4v) is 2.56. The van der Waals surface area contributed by atoms with Gasteiger partial charge < -0.3 is 13.9 Å². The zero-order valence-corrected chi connectivity index (χ0v) is 13.7. The summed E-state index contributed by atoms with van der Waals surface area (Å²) in [6, 6.07) is 10.9. The second kappa shape index (κ2) is 5.94. The van der Waals surface area contributed by atoms with Crippen LogP contribution in [0.3, 0.4) is 0 Å². The van der Waals surface area contributed by atoms with E-state index in [9.17, 15) is 4.79 Å². The maximum Gasteiger partial charge on any atom is 0.322 e. The van der Waals surface area contributed by atoms with Crippen molar-refractivity contribution < 1.29 is 18.7 Å². The molecule has 2 heterocycles. The predicted octanol–water partition coefficient (Wildman–Crippen LogP) is 3.33. The standard InChI is InChI=1S/C18H15N3O4/c1-10-3-4-11(2)13(7-10)17-20-21-18(25-17)19-16(22)12-5-6-14-15(8-12)24-9-23-14/h3-8H,9H2,1-2H3,(H,19,21,22). The van der Waals surface area contributed by atoms with Gasteiger partial charge in [0.2, 0.25) is 12.7 Å². The first-order valence-corrected chi connectivity index (χ1v) is 7.72. The van der Waals surface area contributed by atoms with Gasteiger partial charge >= 0.3 is 6.01 Å². The monoisotopic (exact) mass is 337 g/mol. The molecule has 25 heavy (non-hydrogen) atoms. The molecule has 1 N–H and O–H groups in total. The van der Waals surface area contributed by atoms with Gasteiger partial charge in [-0.05, 0) is 43.7 Å². The van der Waals surface area contributed by atoms with E-state index in [1.807, 2.05) is 32.0 Å². The van der Waals surface area contributed by atoms with E-state index in [-0.39, 0.29) is 18.7 Å². The Balaban J connectivity index is 1.55. The van der Waals surface area contributed by atoms with Crippen molar-refractivity contribution in [1.29, 1.82) is 0 Å². The molecule has 4 rings (SSSR count). The van der Waals surface area contributed by atoms with Crippen molar-refractivity contribution in [2.24, 2.45) is 0 Å². The van der Waals surface area contributed by atoms with E-state index in [0.29, 0.717) is 23.0 Å². The first-order valence-electron chi connectivity index (χ1n) is 7.72. The summed E-state index contributed by atoms with van der Waals surface area (Å²) in [5.74, 6) is 1.15. The molecule has 2 aromatic carbocycles. The second-order valence-corrected chi connectivity index (χ2v) is 5.75. The van der Waals surface area contributed by atoms with E-state index in [4.69, 9.17) is 13.9 Å². The number of amides is 1. The molecule has 7 heteroatoms. The first-order chi connectivity index (χ1) is 12.1. The molecule has 0 radical (unpaired) electrons. The number of aromatic nitrogens is 2. The van der Waals surface area contributed by atoms with Crippen LogP contribution >= 0.6 is 0 Å². The van der Waals surface area contributed by atoms with Gasteiger partial charge in [-0.3, -0.25) is 10.1 Å². The Morgan fingerprint density at radius 2 is 1.88 bits per heavy atom. The van der Waals surface area contributed by atoms with Crippen LogP contribution in [0.2, 0.25) is 0 Å². The van der Waals surface area contributed by atoms with Crippen LogP contribution < -0.4 is 14.8 Å². The van der Waals surface area contributed by atoms with Gasteiger partial charge in [0.25, 0.3) is 5.91 Å². The Hall–Kier alpha value is -3.35. The number of hydrogen-bond acceptors (Lipinski definition) is 6. The maximum absolute atomic E-state index is 12.3. The minimum absolute atomic E-state index is 0.0403. The van der Waals surface area contributed by atoms with E-state index in [1.54, 1.807) is 18.2 Å². The lowest BCUT2D eigenvalue weighted by Gasteiger charge is -2.03. The summed E-state index contributed by atoms with van der Waals surface area (Å²) in [6.45, 7) is 4.11. The largest absolute Gasteiger partial charge is 0.454 e. The zero-order valence-electron chi connectivity index (χ0n) is 13.7. The number of nitrogens with one attached hydrogen (secondary N) is 1. The maximum atomic E-state index is 12.3. The summed E-state index contributed by atoms with van der Waals surface area (Å²) in [4.78, 5) is 12.3. The van der Waals surface area contributed by atoms with Crippen LogP contribution in [0.5, 0.6) is 11.5 Å². The molecule has 7 nitrogen and oxygen atoms in total. The summed E-state index contributed by atoms with van der Waals surface area (Å²) in [5, 5.41) is 10.5. The molecule has 1 aliphatic rings. The third-order valence-corrected chi connectivity index (χ3v) is 3.90. The Kier molecular flexibility index (Phi) is 3.61. The molecule has 0 aliphatic carbocycles. The van der Waals surface area contributed by atoms with E-state index in [1.165, 1.54) is 0 Å². The lowest BCUT2D eigenvalue weighted by atomic mass is 10.1. The molecule has 0 bridgehead atoms. The number of nitrogens with zero attached hydrogens (tertiary/aromatic N) is 2. The van der Waals surface area contributed by atoms with Crippen molar-refractivity contribution in [3.05, 3.63) is 53.1 Å². The minimum atomic E-state index is -0.366. The van der Waals surface area contributed by atoms with Crippen LogP contribution in [0.25, 0.3) is 11.5 Å².